The minimum atomic E-state index is -1.22. The molecule has 3 fully saturated rings. The third-order valence-electron chi connectivity index (χ3n) is 11.1. The van der Waals surface area contributed by atoms with Crippen molar-refractivity contribution in [1.29, 1.82) is 0 Å². The van der Waals surface area contributed by atoms with E-state index in [1.54, 1.807) is 19.1 Å². The van der Waals surface area contributed by atoms with Gasteiger partial charge < -0.3 is 39.3 Å². The van der Waals surface area contributed by atoms with Crippen LogP contribution in [0.2, 0.25) is 0 Å². The standard InChI is InChI=1S/C41H55N7O6/c1-39(2,3)54-38(51)44-40(4)18-22-46(23-19-40)29-16-20-47(21-17-29)37-42-33-15-12-30(48-27-45(5)34(50)25-35(48)52-6)24-32(33)36(43-37)41(26-49,53-31-13-14-31)28-10-8-7-9-11-28/h7-12,15,24-25,29,31,49H,13-14,16-23,26-27H2,1-6H3,(H,44,51). The Morgan fingerprint density at radius 2 is 1.70 bits per heavy atom. The number of aromatic nitrogens is 2. The zero-order chi connectivity index (χ0) is 38.3. The number of aliphatic hydroxyl groups excluding tert-OH is 1. The maximum absolute atomic E-state index is 12.5. The lowest BCUT2D eigenvalue weighted by atomic mass is 9.87. The SMILES string of the molecule is COC1=CC(=O)N(C)CN1c1ccc2nc(N3CCC(N4CCC(C)(NC(=O)OC(C)(C)C)CC4)CC3)nc(C(CO)(OC3CC3)c3ccccc3)c2c1. The molecule has 4 aliphatic rings. The topological polar surface area (TPSA) is 133 Å². The highest BCUT2D eigenvalue weighted by Gasteiger charge is 2.44. The molecule has 13 heteroatoms. The van der Waals surface area contributed by atoms with Gasteiger partial charge in [-0.2, -0.15) is 0 Å². The second-order valence-corrected chi connectivity index (χ2v) is 16.5. The predicted molar refractivity (Wildman–Crippen MR) is 207 cm³/mol. The molecule has 0 bridgehead atoms. The second kappa shape index (κ2) is 15.0. The third-order valence-corrected chi connectivity index (χ3v) is 11.1. The number of piperidine rings is 2. The molecule has 290 valence electrons. The van der Waals surface area contributed by atoms with Crippen molar-refractivity contribution < 1.29 is 28.9 Å². The molecule has 1 saturated carbocycles. The number of nitrogens with zero attached hydrogens (tertiary/aromatic N) is 6. The first kappa shape index (κ1) is 37.8. The molecule has 1 aromatic heterocycles. The number of anilines is 2. The first-order valence-electron chi connectivity index (χ1n) is 19.2. The van der Waals surface area contributed by atoms with E-state index < -0.39 is 11.2 Å². The van der Waals surface area contributed by atoms with E-state index in [4.69, 9.17) is 24.2 Å². The fraction of sp³-hybridized carbons (Fsp3) is 0.561. The molecule has 3 aliphatic heterocycles. The molecule has 2 amide bonds. The molecule has 54 heavy (non-hydrogen) atoms. The number of methoxy groups -OCH3 is 1. The van der Waals surface area contributed by atoms with Gasteiger partial charge in [-0.05, 0) is 90.0 Å². The van der Waals surface area contributed by atoms with Crippen LogP contribution in [-0.4, -0.2) is 114 Å². The van der Waals surface area contributed by atoms with Crippen LogP contribution in [0.3, 0.4) is 0 Å². The van der Waals surface area contributed by atoms with Gasteiger partial charge >= 0.3 is 6.09 Å². The highest BCUT2D eigenvalue weighted by molar-refractivity contribution is 5.91. The maximum Gasteiger partial charge on any atom is 0.408 e. The largest absolute Gasteiger partial charge is 0.482 e. The molecular formula is C41H55N7O6. The number of ether oxygens (including phenoxy) is 3. The average molecular weight is 742 g/mol. The van der Waals surface area contributed by atoms with Crippen LogP contribution in [0.15, 0.2) is 60.5 Å². The van der Waals surface area contributed by atoms with Crippen LogP contribution in [0.25, 0.3) is 10.9 Å². The van der Waals surface area contributed by atoms with Gasteiger partial charge in [0.15, 0.2) is 5.60 Å². The molecule has 2 saturated heterocycles. The minimum Gasteiger partial charge on any atom is -0.482 e. The van der Waals surface area contributed by atoms with Gasteiger partial charge in [-0.25, -0.2) is 14.8 Å². The number of alkyl carbamates (subject to hydrolysis) is 1. The van der Waals surface area contributed by atoms with Gasteiger partial charge in [0.2, 0.25) is 11.8 Å². The highest BCUT2D eigenvalue weighted by Crippen LogP contribution is 2.43. The Balaban J connectivity index is 1.17. The number of likely N-dealkylation sites (tertiary alicyclic amines) is 1. The first-order valence-corrected chi connectivity index (χ1v) is 19.2. The number of nitrogens with one attached hydrogen (secondary N) is 1. The summed E-state index contributed by atoms with van der Waals surface area (Å²) < 4.78 is 18.0. The molecule has 1 unspecified atom stereocenters. The maximum atomic E-state index is 12.5. The molecule has 0 spiro atoms. The number of hydrogen-bond donors (Lipinski definition) is 2. The summed E-state index contributed by atoms with van der Waals surface area (Å²) in [5.74, 6) is 0.935. The molecule has 1 atom stereocenters. The summed E-state index contributed by atoms with van der Waals surface area (Å²) in [4.78, 5) is 43.9. The summed E-state index contributed by atoms with van der Waals surface area (Å²) in [7, 11) is 3.32. The molecule has 2 N–H and O–H groups in total. The van der Waals surface area contributed by atoms with Crippen LogP contribution >= 0.6 is 0 Å². The first-order chi connectivity index (χ1) is 25.8. The number of amides is 2. The summed E-state index contributed by atoms with van der Waals surface area (Å²) in [6, 6.07) is 16.3. The number of rotatable bonds is 10. The Morgan fingerprint density at radius 3 is 2.33 bits per heavy atom. The van der Waals surface area contributed by atoms with E-state index in [1.807, 2.05) is 74.2 Å². The van der Waals surface area contributed by atoms with Crippen molar-refractivity contribution in [2.75, 3.05) is 63.4 Å². The van der Waals surface area contributed by atoms with Crippen molar-refractivity contribution in [2.45, 2.75) is 95.1 Å². The quantitative estimate of drug-likeness (QED) is 0.287. The van der Waals surface area contributed by atoms with E-state index in [9.17, 15) is 14.7 Å². The zero-order valence-electron chi connectivity index (χ0n) is 32.5. The van der Waals surface area contributed by atoms with Gasteiger partial charge in [0.05, 0.1) is 37.1 Å². The molecular weight excluding hydrogens is 686 g/mol. The minimum absolute atomic E-state index is 0.0141. The Bertz CT molecular complexity index is 1860. The predicted octanol–water partition coefficient (Wildman–Crippen LogP) is 5.12. The van der Waals surface area contributed by atoms with Crippen molar-refractivity contribution in [2.24, 2.45) is 0 Å². The monoisotopic (exact) mass is 741 g/mol. The molecule has 2 aromatic carbocycles. The van der Waals surface area contributed by atoms with Crippen molar-refractivity contribution in [3.8, 4) is 0 Å². The third kappa shape index (κ3) is 7.99. The fourth-order valence-electron chi connectivity index (χ4n) is 7.88. The van der Waals surface area contributed by atoms with E-state index in [0.29, 0.717) is 30.2 Å². The van der Waals surface area contributed by atoms with Crippen LogP contribution in [0.4, 0.5) is 16.4 Å². The number of carbonyl (C=O) groups is 2. The van der Waals surface area contributed by atoms with E-state index in [1.165, 1.54) is 6.08 Å². The van der Waals surface area contributed by atoms with Gasteiger partial charge in [0.25, 0.3) is 5.91 Å². The lowest BCUT2D eigenvalue weighted by Crippen LogP contribution is -2.57. The molecule has 0 radical (unpaired) electrons. The lowest BCUT2D eigenvalue weighted by Gasteiger charge is -2.45. The molecule has 13 nitrogen and oxygen atoms in total. The fourth-order valence-corrected chi connectivity index (χ4v) is 7.88. The summed E-state index contributed by atoms with van der Waals surface area (Å²) in [5.41, 5.74) is 0.940. The summed E-state index contributed by atoms with van der Waals surface area (Å²) in [5, 5.41) is 15.3. The number of carbonyl (C=O) groups excluding carboxylic acids is 2. The van der Waals surface area contributed by atoms with Gasteiger partial charge in [-0.3, -0.25) is 9.69 Å². The number of fused-ring (bicyclic) bond motifs is 1. The second-order valence-electron chi connectivity index (χ2n) is 16.5. The summed E-state index contributed by atoms with van der Waals surface area (Å²) in [6.07, 6.45) is 6.63. The summed E-state index contributed by atoms with van der Waals surface area (Å²) >= 11 is 0. The molecule has 4 heterocycles. The van der Waals surface area contributed by atoms with Crippen LogP contribution in [0.5, 0.6) is 0 Å². The molecule has 1 aliphatic carbocycles. The Morgan fingerprint density at radius 1 is 1.00 bits per heavy atom. The van der Waals surface area contributed by atoms with Crippen LogP contribution in [0, 0.1) is 0 Å². The highest BCUT2D eigenvalue weighted by atomic mass is 16.6. The number of benzene rings is 2. The van der Waals surface area contributed by atoms with E-state index in [-0.39, 0.29) is 30.3 Å². The normalized spacial score (nSPS) is 21.1. The lowest BCUT2D eigenvalue weighted by molar-refractivity contribution is -0.125. The van der Waals surface area contributed by atoms with Gasteiger partial charge in [0, 0.05) is 55.9 Å². The number of aliphatic hydroxyl groups is 1. The Hall–Kier alpha value is -4.46. The van der Waals surface area contributed by atoms with Crippen molar-refractivity contribution in [1.82, 2.24) is 25.1 Å². The summed E-state index contributed by atoms with van der Waals surface area (Å²) in [6.45, 7) is 11.2. The average Bonchev–Trinajstić information content (AvgIpc) is 3.98. The van der Waals surface area contributed by atoms with E-state index in [2.05, 4.69) is 22.0 Å². The smallest absolute Gasteiger partial charge is 0.408 e. The van der Waals surface area contributed by atoms with Crippen molar-refractivity contribution >= 4 is 34.5 Å². The van der Waals surface area contributed by atoms with Crippen LogP contribution in [0.1, 0.15) is 77.5 Å². The van der Waals surface area contributed by atoms with Crippen LogP contribution < -0.4 is 15.1 Å². The van der Waals surface area contributed by atoms with Gasteiger partial charge in [0.1, 0.15) is 12.3 Å². The molecule has 3 aromatic rings. The zero-order valence-corrected chi connectivity index (χ0v) is 32.5. The molecule has 7 rings (SSSR count). The number of hydrogen-bond acceptors (Lipinski definition) is 11. The van der Waals surface area contributed by atoms with Crippen molar-refractivity contribution in [3.05, 3.63) is 71.7 Å². The van der Waals surface area contributed by atoms with Gasteiger partial charge in [-0.1, -0.05) is 30.3 Å². The Kier molecular flexibility index (Phi) is 10.5. The Labute approximate surface area is 318 Å². The van der Waals surface area contributed by atoms with E-state index >= 15 is 0 Å². The van der Waals surface area contributed by atoms with Gasteiger partial charge in [-0.15, -0.1) is 0 Å². The number of likely N-dealkylation sites (N-methyl/N-ethyl adjacent to an activating group) is 1. The van der Waals surface area contributed by atoms with Crippen LogP contribution in [-0.2, 0) is 24.6 Å². The van der Waals surface area contributed by atoms with Crippen molar-refractivity contribution in [3.63, 3.8) is 0 Å². The van der Waals surface area contributed by atoms with E-state index in [0.717, 1.165) is 86.9 Å².